The third-order valence-electron chi connectivity index (χ3n) is 7.01. The number of hydrogen-bond donors (Lipinski definition) is 1. The first-order valence-electron chi connectivity index (χ1n) is 12.4. The van der Waals surface area contributed by atoms with Crippen molar-refractivity contribution < 1.29 is 19.2 Å². The quantitative estimate of drug-likeness (QED) is 0.405. The number of allylic oxidation sites excluding steroid dienone is 2. The van der Waals surface area contributed by atoms with Crippen LogP contribution in [-0.2, 0) is 17.6 Å². The van der Waals surface area contributed by atoms with E-state index in [1.165, 1.54) is 0 Å². The summed E-state index contributed by atoms with van der Waals surface area (Å²) in [6.07, 6.45) is 2.55. The van der Waals surface area contributed by atoms with Crippen LogP contribution >= 0.6 is 0 Å². The summed E-state index contributed by atoms with van der Waals surface area (Å²) in [5.41, 5.74) is 3.55. The molecular weight excluding hydrogens is 452 g/mol. The van der Waals surface area contributed by atoms with Crippen LogP contribution in [0.2, 0.25) is 0 Å². The molecule has 1 atom stereocenters. The van der Waals surface area contributed by atoms with E-state index in [1.807, 2.05) is 74.5 Å². The highest BCUT2D eigenvalue weighted by Gasteiger charge is 2.37. The number of hydrogen-bond acceptors (Lipinski definition) is 6. The Hall–Kier alpha value is -3.80. The number of benzene rings is 2. The van der Waals surface area contributed by atoms with Gasteiger partial charge in [-0.25, -0.2) is 0 Å². The molecule has 36 heavy (non-hydrogen) atoms. The van der Waals surface area contributed by atoms with Gasteiger partial charge in [0, 0.05) is 25.7 Å². The predicted molar refractivity (Wildman–Crippen MR) is 138 cm³/mol. The number of aromatic nitrogens is 1. The van der Waals surface area contributed by atoms with Gasteiger partial charge in [0.25, 0.3) is 0 Å². The molecule has 2 aliphatic rings. The van der Waals surface area contributed by atoms with Gasteiger partial charge in [0.05, 0.1) is 28.2 Å². The molecule has 0 fully saturated rings. The average Bonchev–Trinajstić information content (AvgIpc) is 3.25. The Kier molecular flexibility index (Phi) is 6.44. The molecule has 1 unspecified atom stereocenters. The number of aliphatic hydroxyl groups is 1. The first-order valence-corrected chi connectivity index (χ1v) is 12.4. The Labute approximate surface area is 210 Å². The molecule has 1 heterocycles. The van der Waals surface area contributed by atoms with Gasteiger partial charge >= 0.3 is 0 Å². The summed E-state index contributed by atoms with van der Waals surface area (Å²) >= 11 is 0. The molecule has 6 nitrogen and oxygen atoms in total. The van der Waals surface area contributed by atoms with Crippen LogP contribution in [0.3, 0.4) is 0 Å². The Balaban J connectivity index is 1.45. The molecule has 0 spiro atoms. The fourth-order valence-corrected chi connectivity index (χ4v) is 5.31. The summed E-state index contributed by atoms with van der Waals surface area (Å²) in [5.74, 6) is 0.552. The normalized spacial score (nSPS) is 19.9. The van der Waals surface area contributed by atoms with Crippen molar-refractivity contribution in [2.75, 3.05) is 0 Å². The van der Waals surface area contributed by atoms with Crippen LogP contribution in [0.5, 0.6) is 0 Å². The zero-order valence-corrected chi connectivity index (χ0v) is 20.7. The molecule has 3 aromatic rings. The maximum atomic E-state index is 13.4. The summed E-state index contributed by atoms with van der Waals surface area (Å²) in [6.45, 7) is 4.10. The van der Waals surface area contributed by atoms with Gasteiger partial charge in [-0.05, 0) is 41.9 Å². The van der Waals surface area contributed by atoms with E-state index in [2.05, 4.69) is 5.16 Å². The van der Waals surface area contributed by atoms with Crippen LogP contribution in [0.15, 0.2) is 81.5 Å². The lowest BCUT2D eigenvalue weighted by Crippen LogP contribution is -2.27. The number of fused-ring (bicyclic) bond motifs is 1. The summed E-state index contributed by atoms with van der Waals surface area (Å²) in [7, 11) is 0. The lowest BCUT2D eigenvalue weighted by atomic mass is 9.75. The van der Waals surface area contributed by atoms with Crippen molar-refractivity contribution in [2.24, 2.45) is 10.4 Å². The molecule has 1 aromatic heterocycles. The van der Waals surface area contributed by atoms with Crippen molar-refractivity contribution in [3.63, 3.8) is 0 Å². The molecule has 0 aliphatic heterocycles. The number of aliphatic hydroxyl groups excluding tert-OH is 1. The van der Waals surface area contributed by atoms with Gasteiger partial charge in [0.1, 0.15) is 11.5 Å². The molecule has 2 aliphatic carbocycles. The SMILES string of the molecule is CC1(C)CC(=O)c2c(CCC(=Nc3ccccc3)C3=C(O)CC(c4ccccc4)CC3=O)noc2C1. The first kappa shape index (κ1) is 23.9. The molecule has 0 saturated carbocycles. The second-order valence-corrected chi connectivity index (χ2v) is 10.5. The van der Waals surface area contributed by atoms with Crippen LogP contribution < -0.4 is 0 Å². The smallest absolute Gasteiger partial charge is 0.168 e. The van der Waals surface area contributed by atoms with Crippen LogP contribution in [0.1, 0.15) is 72.8 Å². The number of aliphatic imine (C=N–C) groups is 1. The number of carbonyl (C=O) groups is 2. The number of nitrogens with zero attached hydrogens (tertiary/aromatic N) is 2. The largest absolute Gasteiger partial charge is 0.511 e. The van der Waals surface area contributed by atoms with Gasteiger partial charge in [-0.1, -0.05) is 67.5 Å². The lowest BCUT2D eigenvalue weighted by Gasteiger charge is -2.26. The van der Waals surface area contributed by atoms with Crippen molar-refractivity contribution in [2.45, 2.75) is 58.3 Å². The van der Waals surface area contributed by atoms with Gasteiger partial charge in [0.15, 0.2) is 11.6 Å². The lowest BCUT2D eigenvalue weighted by molar-refractivity contribution is -0.116. The van der Waals surface area contributed by atoms with Crippen molar-refractivity contribution in [1.29, 1.82) is 0 Å². The van der Waals surface area contributed by atoms with Crippen molar-refractivity contribution in [1.82, 2.24) is 5.16 Å². The second-order valence-electron chi connectivity index (χ2n) is 10.5. The number of ketones is 2. The Morgan fingerprint density at radius 1 is 1.00 bits per heavy atom. The minimum atomic E-state index is -0.152. The van der Waals surface area contributed by atoms with Gasteiger partial charge in [-0.2, -0.15) is 0 Å². The molecule has 184 valence electrons. The minimum absolute atomic E-state index is 0.0422. The molecule has 5 rings (SSSR count). The minimum Gasteiger partial charge on any atom is -0.511 e. The highest BCUT2D eigenvalue weighted by Crippen LogP contribution is 2.38. The van der Waals surface area contributed by atoms with E-state index >= 15 is 0 Å². The van der Waals surface area contributed by atoms with E-state index in [4.69, 9.17) is 9.52 Å². The number of carbonyl (C=O) groups excluding carboxylic acids is 2. The second kappa shape index (κ2) is 9.69. The summed E-state index contributed by atoms with van der Waals surface area (Å²) in [5, 5.41) is 15.3. The van der Waals surface area contributed by atoms with Crippen LogP contribution in [0.25, 0.3) is 0 Å². The maximum absolute atomic E-state index is 13.4. The van der Waals surface area contributed by atoms with E-state index in [9.17, 15) is 14.7 Å². The topological polar surface area (TPSA) is 92.8 Å². The Morgan fingerprint density at radius 2 is 1.69 bits per heavy atom. The molecule has 6 heteroatoms. The summed E-state index contributed by atoms with van der Waals surface area (Å²) < 4.78 is 5.56. The Bertz CT molecular complexity index is 1350. The monoisotopic (exact) mass is 482 g/mol. The Morgan fingerprint density at radius 3 is 2.39 bits per heavy atom. The van der Waals surface area contributed by atoms with E-state index in [0.717, 1.165) is 5.56 Å². The van der Waals surface area contributed by atoms with Gasteiger partial charge in [0.2, 0.25) is 0 Å². The fourth-order valence-electron chi connectivity index (χ4n) is 5.31. The number of aryl methyl sites for hydroxylation is 1. The molecule has 1 N–H and O–H groups in total. The van der Waals surface area contributed by atoms with E-state index < -0.39 is 0 Å². The van der Waals surface area contributed by atoms with Crippen molar-refractivity contribution in [3.05, 3.63) is 94.6 Å². The molecule has 2 aromatic carbocycles. The van der Waals surface area contributed by atoms with Crippen LogP contribution in [0.4, 0.5) is 5.69 Å². The standard InChI is InChI=1S/C30H30N2O4/c1-30(2)17-26(35)29-23(32-36-27(29)18-30)14-13-22(31-21-11-7-4-8-12-21)28-24(33)15-20(16-25(28)34)19-9-5-3-6-10-19/h3-12,20,33H,13-18H2,1-2H3. The van der Waals surface area contributed by atoms with E-state index in [1.54, 1.807) is 0 Å². The third-order valence-corrected chi connectivity index (χ3v) is 7.01. The van der Waals surface area contributed by atoms with Crippen molar-refractivity contribution in [3.8, 4) is 0 Å². The zero-order chi connectivity index (χ0) is 25.3. The van der Waals surface area contributed by atoms with Crippen LogP contribution in [0, 0.1) is 5.41 Å². The number of rotatable bonds is 6. The fraction of sp³-hybridized carbons (Fsp3) is 0.333. The number of para-hydroxylation sites is 1. The third kappa shape index (κ3) is 4.94. The van der Waals surface area contributed by atoms with E-state index in [-0.39, 0.29) is 34.2 Å². The molecular formula is C30H30N2O4. The molecule has 0 saturated heterocycles. The van der Waals surface area contributed by atoms with Crippen LogP contribution in [-0.4, -0.2) is 27.5 Å². The summed E-state index contributed by atoms with van der Waals surface area (Å²) in [4.78, 5) is 31.0. The predicted octanol–water partition coefficient (Wildman–Crippen LogP) is 6.49. The molecule has 0 bridgehead atoms. The first-order chi connectivity index (χ1) is 17.3. The number of Topliss-reactive ketones (excluding diaryl/α,β-unsaturated/α-hetero) is 2. The average molecular weight is 483 g/mol. The van der Waals surface area contributed by atoms with Gasteiger partial charge < -0.3 is 9.63 Å². The highest BCUT2D eigenvalue weighted by atomic mass is 16.5. The summed E-state index contributed by atoms with van der Waals surface area (Å²) in [6, 6.07) is 19.2. The van der Waals surface area contributed by atoms with Gasteiger partial charge in [-0.15, -0.1) is 0 Å². The maximum Gasteiger partial charge on any atom is 0.168 e. The zero-order valence-electron chi connectivity index (χ0n) is 20.7. The molecule has 0 radical (unpaired) electrons. The van der Waals surface area contributed by atoms with Gasteiger partial charge in [-0.3, -0.25) is 14.6 Å². The molecule has 0 amide bonds. The van der Waals surface area contributed by atoms with Crippen molar-refractivity contribution >= 4 is 23.0 Å². The van der Waals surface area contributed by atoms with E-state index in [0.29, 0.717) is 66.9 Å². The highest BCUT2D eigenvalue weighted by molar-refractivity contribution is 6.24.